The van der Waals surface area contributed by atoms with Crippen LogP contribution in [0.25, 0.3) is 0 Å². The van der Waals surface area contributed by atoms with Crippen LogP contribution in [0.3, 0.4) is 0 Å². The molecule has 0 heterocycles. The van der Waals surface area contributed by atoms with E-state index in [2.05, 4.69) is 21.2 Å². The molecule has 0 aliphatic carbocycles. The smallest absolute Gasteiger partial charge is 0.329 e. The summed E-state index contributed by atoms with van der Waals surface area (Å²) in [5.41, 5.74) is -0.303. The Hall–Kier alpha value is -1.84. The molecule has 0 unspecified atom stereocenters. The van der Waals surface area contributed by atoms with E-state index in [4.69, 9.17) is 0 Å². The molecule has 10 heteroatoms. The molecule has 6 nitrogen and oxygen atoms in total. The summed E-state index contributed by atoms with van der Waals surface area (Å²) in [4.78, 5) is 21.0. The number of anilines is 1. The third-order valence-electron chi connectivity index (χ3n) is 1.85. The topological polar surface area (TPSA) is 84.3 Å². The lowest BCUT2D eigenvalue weighted by molar-refractivity contribution is -0.385. The van der Waals surface area contributed by atoms with Gasteiger partial charge in [-0.1, -0.05) is 0 Å². The third kappa shape index (κ3) is 5.12. The van der Waals surface area contributed by atoms with E-state index in [-0.39, 0.29) is 15.8 Å². The van der Waals surface area contributed by atoms with Crippen molar-refractivity contribution in [1.82, 2.24) is 5.32 Å². The molecule has 0 fully saturated rings. The SMILES string of the molecule is O=C(NCC(F)(F)F)Nc1ccc(Br)c([N+](=O)[O-])c1. The number of nitrogens with zero attached hydrogens (tertiary/aromatic N) is 1. The van der Waals surface area contributed by atoms with Crippen LogP contribution in [0.4, 0.5) is 29.3 Å². The van der Waals surface area contributed by atoms with Crippen molar-refractivity contribution in [2.75, 3.05) is 11.9 Å². The first-order valence-electron chi connectivity index (χ1n) is 4.74. The van der Waals surface area contributed by atoms with E-state index < -0.39 is 23.7 Å². The number of rotatable bonds is 3. The summed E-state index contributed by atoms with van der Waals surface area (Å²) < 4.78 is 35.7. The van der Waals surface area contributed by atoms with E-state index in [0.717, 1.165) is 6.07 Å². The van der Waals surface area contributed by atoms with Crippen molar-refractivity contribution in [2.45, 2.75) is 6.18 Å². The van der Waals surface area contributed by atoms with Crippen LogP contribution in [0.1, 0.15) is 0 Å². The Bertz CT molecular complexity index is 507. The molecule has 0 aliphatic rings. The summed E-state index contributed by atoms with van der Waals surface area (Å²) in [6, 6.07) is 2.54. The molecule has 1 aromatic carbocycles. The van der Waals surface area contributed by atoms with Gasteiger partial charge in [0.25, 0.3) is 5.69 Å². The van der Waals surface area contributed by atoms with Gasteiger partial charge in [0.05, 0.1) is 9.40 Å². The highest BCUT2D eigenvalue weighted by molar-refractivity contribution is 9.10. The van der Waals surface area contributed by atoms with Crippen molar-refractivity contribution >= 4 is 33.3 Å². The minimum absolute atomic E-state index is 0.00887. The predicted octanol–water partition coefficient (Wildman–Crippen LogP) is 3.04. The maximum absolute atomic E-state index is 11.8. The minimum atomic E-state index is -4.52. The lowest BCUT2D eigenvalue weighted by atomic mass is 10.3. The zero-order valence-corrected chi connectivity index (χ0v) is 10.7. The molecule has 0 aromatic heterocycles. The molecule has 0 atom stereocenters. The molecule has 1 aromatic rings. The molecule has 104 valence electrons. The zero-order chi connectivity index (χ0) is 14.6. The number of halogens is 4. The summed E-state index contributed by atoms with van der Waals surface area (Å²) in [6.07, 6.45) is -4.52. The number of benzene rings is 1. The van der Waals surface area contributed by atoms with E-state index >= 15 is 0 Å². The highest BCUT2D eigenvalue weighted by atomic mass is 79.9. The molecule has 0 saturated carbocycles. The van der Waals surface area contributed by atoms with Gasteiger partial charge in [0, 0.05) is 11.8 Å². The standard InChI is InChI=1S/C9H7BrF3N3O3/c10-6-2-1-5(3-7(6)16(18)19)15-8(17)14-4-9(11,12)13/h1-3H,4H2,(H2,14,15,17). The number of alkyl halides is 3. The van der Waals surface area contributed by atoms with Gasteiger partial charge in [0.15, 0.2) is 0 Å². The fourth-order valence-electron chi connectivity index (χ4n) is 1.09. The van der Waals surface area contributed by atoms with Gasteiger partial charge < -0.3 is 10.6 Å². The first kappa shape index (κ1) is 15.2. The van der Waals surface area contributed by atoms with E-state index in [0.29, 0.717) is 0 Å². The first-order chi connectivity index (χ1) is 8.69. The number of nitro benzene ring substituents is 1. The lowest BCUT2D eigenvalue weighted by Crippen LogP contribution is -2.36. The fourth-order valence-corrected chi connectivity index (χ4v) is 1.48. The van der Waals surface area contributed by atoms with Crippen LogP contribution >= 0.6 is 15.9 Å². The molecule has 0 radical (unpaired) electrons. The van der Waals surface area contributed by atoms with Gasteiger partial charge in [0.1, 0.15) is 6.54 Å². The highest BCUT2D eigenvalue weighted by Gasteiger charge is 2.27. The van der Waals surface area contributed by atoms with Crippen molar-refractivity contribution in [3.63, 3.8) is 0 Å². The Balaban J connectivity index is 2.70. The van der Waals surface area contributed by atoms with Crippen LogP contribution < -0.4 is 10.6 Å². The quantitative estimate of drug-likeness (QED) is 0.654. The Morgan fingerprint density at radius 2 is 2.05 bits per heavy atom. The third-order valence-corrected chi connectivity index (χ3v) is 2.52. The van der Waals surface area contributed by atoms with Gasteiger partial charge in [-0.25, -0.2) is 4.79 Å². The van der Waals surface area contributed by atoms with Crippen molar-refractivity contribution in [1.29, 1.82) is 0 Å². The first-order valence-corrected chi connectivity index (χ1v) is 5.54. The molecular formula is C9H7BrF3N3O3. The lowest BCUT2D eigenvalue weighted by Gasteiger charge is -2.09. The zero-order valence-electron chi connectivity index (χ0n) is 9.12. The van der Waals surface area contributed by atoms with Gasteiger partial charge >= 0.3 is 12.2 Å². The molecule has 0 aliphatic heterocycles. The Morgan fingerprint density at radius 1 is 1.42 bits per heavy atom. The average Bonchev–Trinajstić information content (AvgIpc) is 2.28. The monoisotopic (exact) mass is 341 g/mol. The number of carbonyl (C=O) groups is 1. The van der Waals surface area contributed by atoms with Crippen LogP contribution in [-0.2, 0) is 0 Å². The van der Waals surface area contributed by atoms with Gasteiger partial charge in [0.2, 0.25) is 0 Å². The van der Waals surface area contributed by atoms with Crippen molar-refractivity contribution < 1.29 is 22.9 Å². The number of urea groups is 1. The summed E-state index contributed by atoms with van der Waals surface area (Å²) in [5, 5.41) is 14.3. The van der Waals surface area contributed by atoms with E-state index in [1.165, 1.54) is 12.1 Å². The van der Waals surface area contributed by atoms with E-state index in [1.807, 2.05) is 0 Å². The second kappa shape index (κ2) is 5.87. The summed E-state index contributed by atoms with van der Waals surface area (Å²) >= 11 is 2.94. The number of hydrogen-bond acceptors (Lipinski definition) is 3. The number of nitrogens with one attached hydrogen (secondary N) is 2. The Labute approximate surface area is 113 Å². The number of hydrogen-bond donors (Lipinski definition) is 2. The predicted molar refractivity (Wildman–Crippen MR) is 63.9 cm³/mol. The van der Waals surface area contributed by atoms with Crippen molar-refractivity contribution in [3.05, 3.63) is 32.8 Å². The Morgan fingerprint density at radius 3 is 2.58 bits per heavy atom. The maximum atomic E-state index is 11.8. The summed E-state index contributed by atoms with van der Waals surface area (Å²) in [6.45, 7) is -1.49. The van der Waals surface area contributed by atoms with Crippen molar-refractivity contribution in [2.24, 2.45) is 0 Å². The van der Waals surface area contributed by atoms with E-state index in [9.17, 15) is 28.1 Å². The largest absolute Gasteiger partial charge is 0.405 e. The fraction of sp³-hybridized carbons (Fsp3) is 0.222. The number of nitro groups is 1. The molecule has 0 spiro atoms. The van der Waals surface area contributed by atoms with Crippen LogP contribution in [-0.4, -0.2) is 23.7 Å². The molecular weight excluding hydrogens is 335 g/mol. The summed E-state index contributed by atoms with van der Waals surface area (Å²) in [7, 11) is 0. The second-order valence-electron chi connectivity index (χ2n) is 3.35. The van der Waals surface area contributed by atoms with Crippen LogP contribution in [0.2, 0.25) is 0 Å². The maximum Gasteiger partial charge on any atom is 0.405 e. The highest BCUT2D eigenvalue weighted by Crippen LogP contribution is 2.27. The van der Waals surface area contributed by atoms with Crippen molar-refractivity contribution in [3.8, 4) is 0 Å². The second-order valence-corrected chi connectivity index (χ2v) is 4.20. The molecule has 0 bridgehead atoms. The Kier molecular flexibility index (Phi) is 4.70. The minimum Gasteiger partial charge on any atom is -0.329 e. The average molecular weight is 342 g/mol. The van der Waals surface area contributed by atoms with Gasteiger partial charge in [-0.3, -0.25) is 10.1 Å². The molecule has 19 heavy (non-hydrogen) atoms. The number of amides is 2. The molecule has 0 saturated heterocycles. The normalized spacial score (nSPS) is 10.9. The van der Waals surface area contributed by atoms with Gasteiger partial charge in [-0.05, 0) is 28.1 Å². The van der Waals surface area contributed by atoms with E-state index in [1.54, 1.807) is 5.32 Å². The van der Waals surface area contributed by atoms with Crippen LogP contribution in [0.5, 0.6) is 0 Å². The van der Waals surface area contributed by atoms with Gasteiger partial charge in [-0.2, -0.15) is 13.2 Å². The molecule has 2 amide bonds. The summed E-state index contributed by atoms with van der Waals surface area (Å²) in [5.74, 6) is 0. The van der Waals surface area contributed by atoms with Crippen LogP contribution in [0.15, 0.2) is 22.7 Å². The molecule has 1 rings (SSSR count). The van der Waals surface area contributed by atoms with Crippen LogP contribution in [0, 0.1) is 10.1 Å². The van der Waals surface area contributed by atoms with Gasteiger partial charge in [-0.15, -0.1) is 0 Å². The molecule has 2 N–H and O–H groups in total. The number of carbonyl (C=O) groups excluding carboxylic acids is 1.